The fourth-order valence-electron chi connectivity index (χ4n) is 1.22. The first-order valence-corrected chi connectivity index (χ1v) is 5.29. The summed E-state index contributed by atoms with van der Waals surface area (Å²) in [6.45, 7) is 1.22. The number of nitrogens with one attached hydrogen (secondary N) is 2. The van der Waals surface area contributed by atoms with Crippen molar-refractivity contribution in [3.05, 3.63) is 30.1 Å². The van der Waals surface area contributed by atoms with Crippen LogP contribution in [0.15, 0.2) is 29.3 Å². The molecule has 0 saturated carbocycles. The lowest BCUT2D eigenvalue weighted by Crippen LogP contribution is -2.36. The molecule has 1 aromatic carbocycles. The van der Waals surface area contributed by atoms with Crippen LogP contribution in [0.1, 0.15) is 6.42 Å². The predicted octanol–water partition coefficient (Wildman–Crippen LogP) is 1.09. The van der Waals surface area contributed by atoms with Gasteiger partial charge in [0, 0.05) is 25.9 Å². The maximum atomic E-state index is 12.9. The number of nitrogens with zero attached hydrogens (tertiary/aromatic N) is 1. The van der Waals surface area contributed by atoms with E-state index in [-0.39, 0.29) is 5.82 Å². The third kappa shape index (κ3) is 5.28. The molecule has 0 unspecified atom stereocenters. The number of guanidine groups is 1. The predicted molar refractivity (Wildman–Crippen MR) is 66.1 cm³/mol. The summed E-state index contributed by atoms with van der Waals surface area (Å²) >= 11 is 0. The Morgan fingerprint density at radius 2 is 2.35 bits per heavy atom. The first kappa shape index (κ1) is 13.4. The van der Waals surface area contributed by atoms with E-state index in [2.05, 4.69) is 15.7 Å². The summed E-state index contributed by atoms with van der Waals surface area (Å²) in [5, 5.41) is 2.88. The molecule has 0 bridgehead atoms. The molecule has 0 spiro atoms. The Morgan fingerprint density at radius 3 is 3.00 bits per heavy atom. The highest BCUT2D eigenvalue weighted by Gasteiger charge is 1.98. The van der Waals surface area contributed by atoms with Crippen LogP contribution in [0.2, 0.25) is 0 Å². The molecule has 0 radical (unpaired) electrons. The Hall–Kier alpha value is -1.66. The van der Waals surface area contributed by atoms with Crippen LogP contribution < -0.4 is 16.6 Å². The lowest BCUT2D eigenvalue weighted by molar-refractivity contribution is 0.197. The van der Waals surface area contributed by atoms with Crippen molar-refractivity contribution in [2.75, 3.05) is 25.6 Å². The number of aliphatic imine (C=N–C) groups is 1. The molecular weight excluding hydrogens is 223 g/mol. The van der Waals surface area contributed by atoms with E-state index in [4.69, 9.17) is 10.6 Å². The number of hydrogen-bond acceptors (Lipinski definition) is 3. The molecule has 0 atom stereocenters. The lowest BCUT2D eigenvalue weighted by atomic mass is 10.3. The van der Waals surface area contributed by atoms with E-state index in [9.17, 15) is 4.39 Å². The van der Waals surface area contributed by atoms with Crippen molar-refractivity contribution < 1.29 is 9.13 Å². The van der Waals surface area contributed by atoms with Gasteiger partial charge in [-0.2, -0.15) is 0 Å². The Labute approximate surface area is 99.8 Å². The highest BCUT2D eigenvalue weighted by atomic mass is 19.1. The molecule has 1 rings (SSSR count). The van der Waals surface area contributed by atoms with Gasteiger partial charge in [0.1, 0.15) is 5.82 Å². The van der Waals surface area contributed by atoms with Gasteiger partial charge < -0.3 is 10.1 Å². The van der Waals surface area contributed by atoms with E-state index in [1.807, 2.05) is 0 Å². The SMILES string of the molecule is COCCCN=C(NN)Nc1cccc(F)c1. The number of hydrazine groups is 1. The molecule has 0 saturated heterocycles. The first-order valence-electron chi connectivity index (χ1n) is 5.29. The number of benzene rings is 1. The largest absolute Gasteiger partial charge is 0.385 e. The van der Waals surface area contributed by atoms with E-state index in [1.54, 1.807) is 19.2 Å². The van der Waals surface area contributed by atoms with Gasteiger partial charge in [-0.25, -0.2) is 10.2 Å². The zero-order chi connectivity index (χ0) is 12.5. The normalized spacial score (nSPS) is 11.4. The molecule has 0 aliphatic heterocycles. The molecule has 0 aliphatic rings. The zero-order valence-corrected chi connectivity index (χ0v) is 9.74. The number of methoxy groups -OCH3 is 1. The Morgan fingerprint density at radius 1 is 1.53 bits per heavy atom. The minimum atomic E-state index is -0.314. The average Bonchev–Trinajstić information content (AvgIpc) is 2.33. The summed E-state index contributed by atoms with van der Waals surface area (Å²) in [5.41, 5.74) is 3.01. The summed E-state index contributed by atoms with van der Waals surface area (Å²) < 4.78 is 17.8. The summed E-state index contributed by atoms with van der Waals surface area (Å²) in [5.74, 6) is 5.39. The molecule has 0 aliphatic carbocycles. The fourth-order valence-corrected chi connectivity index (χ4v) is 1.22. The molecule has 0 amide bonds. The number of hydrogen-bond donors (Lipinski definition) is 3. The van der Waals surface area contributed by atoms with Crippen LogP contribution in [0.5, 0.6) is 0 Å². The summed E-state index contributed by atoms with van der Waals surface area (Å²) in [7, 11) is 1.64. The minimum absolute atomic E-state index is 0.314. The van der Waals surface area contributed by atoms with Crippen LogP contribution in [0.3, 0.4) is 0 Å². The molecule has 4 N–H and O–H groups in total. The number of anilines is 1. The molecule has 17 heavy (non-hydrogen) atoms. The molecule has 0 heterocycles. The summed E-state index contributed by atoms with van der Waals surface area (Å²) in [6.07, 6.45) is 0.798. The van der Waals surface area contributed by atoms with Gasteiger partial charge in [0.2, 0.25) is 5.96 Å². The van der Waals surface area contributed by atoms with Crippen molar-refractivity contribution >= 4 is 11.6 Å². The standard InChI is InChI=1S/C11H17FN4O/c1-17-7-3-6-14-11(16-13)15-10-5-2-4-9(12)8-10/h2,4-5,8H,3,6-7,13H2,1H3,(H2,14,15,16). The average molecular weight is 240 g/mol. The van der Waals surface area contributed by atoms with Gasteiger partial charge in [-0.1, -0.05) is 6.07 Å². The molecule has 1 aromatic rings. The second kappa shape index (κ2) is 7.59. The molecule has 6 heteroatoms. The molecule has 0 aromatic heterocycles. The van der Waals surface area contributed by atoms with Crippen LogP contribution in [-0.2, 0) is 4.74 Å². The highest BCUT2D eigenvalue weighted by Crippen LogP contribution is 2.08. The van der Waals surface area contributed by atoms with E-state index in [0.717, 1.165) is 6.42 Å². The highest BCUT2D eigenvalue weighted by molar-refractivity contribution is 5.93. The maximum Gasteiger partial charge on any atom is 0.210 e. The second-order valence-electron chi connectivity index (χ2n) is 3.36. The third-order valence-corrected chi connectivity index (χ3v) is 2.00. The van der Waals surface area contributed by atoms with E-state index < -0.39 is 0 Å². The van der Waals surface area contributed by atoms with Gasteiger partial charge in [-0.15, -0.1) is 0 Å². The Bertz CT molecular complexity index is 370. The Kier molecular flexibility index (Phi) is 5.98. The fraction of sp³-hybridized carbons (Fsp3) is 0.364. The van der Waals surface area contributed by atoms with Gasteiger partial charge in [-0.05, 0) is 24.6 Å². The zero-order valence-electron chi connectivity index (χ0n) is 9.74. The van der Waals surface area contributed by atoms with Crippen LogP contribution in [-0.4, -0.2) is 26.2 Å². The molecule has 5 nitrogen and oxygen atoms in total. The topological polar surface area (TPSA) is 71.7 Å². The van der Waals surface area contributed by atoms with Crippen molar-refractivity contribution in [3.8, 4) is 0 Å². The van der Waals surface area contributed by atoms with Crippen LogP contribution in [0, 0.1) is 5.82 Å². The molecular formula is C11H17FN4O. The van der Waals surface area contributed by atoms with Crippen molar-refractivity contribution in [2.24, 2.45) is 10.8 Å². The Balaban J connectivity index is 2.51. The quantitative estimate of drug-likeness (QED) is 0.237. The minimum Gasteiger partial charge on any atom is -0.385 e. The van der Waals surface area contributed by atoms with Gasteiger partial charge in [0.15, 0.2) is 0 Å². The number of ether oxygens (including phenoxy) is 1. The molecule has 94 valence electrons. The number of nitrogens with two attached hydrogens (primary N) is 1. The first-order chi connectivity index (χ1) is 8.26. The lowest BCUT2D eigenvalue weighted by Gasteiger charge is -2.09. The van der Waals surface area contributed by atoms with Crippen molar-refractivity contribution in [1.29, 1.82) is 0 Å². The van der Waals surface area contributed by atoms with E-state index in [1.165, 1.54) is 12.1 Å². The monoisotopic (exact) mass is 240 g/mol. The van der Waals surface area contributed by atoms with Gasteiger partial charge in [-0.3, -0.25) is 10.4 Å². The number of halogens is 1. The van der Waals surface area contributed by atoms with Gasteiger partial charge in [0.05, 0.1) is 0 Å². The van der Waals surface area contributed by atoms with Crippen LogP contribution >= 0.6 is 0 Å². The molecule has 0 fully saturated rings. The van der Waals surface area contributed by atoms with Gasteiger partial charge in [0.25, 0.3) is 0 Å². The van der Waals surface area contributed by atoms with Crippen molar-refractivity contribution in [3.63, 3.8) is 0 Å². The second-order valence-corrected chi connectivity index (χ2v) is 3.36. The number of rotatable bonds is 5. The van der Waals surface area contributed by atoms with Crippen LogP contribution in [0.4, 0.5) is 10.1 Å². The van der Waals surface area contributed by atoms with E-state index in [0.29, 0.717) is 24.8 Å². The van der Waals surface area contributed by atoms with E-state index >= 15 is 0 Å². The third-order valence-electron chi connectivity index (χ3n) is 2.00. The van der Waals surface area contributed by atoms with Crippen LogP contribution in [0.25, 0.3) is 0 Å². The van der Waals surface area contributed by atoms with Crippen molar-refractivity contribution in [1.82, 2.24) is 5.43 Å². The summed E-state index contributed by atoms with van der Waals surface area (Å²) in [6, 6.07) is 6.07. The summed E-state index contributed by atoms with van der Waals surface area (Å²) in [4.78, 5) is 4.17. The smallest absolute Gasteiger partial charge is 0.210 e. The van der Waals surface area contributed by atoms with Crippen molar-refractivity contribution in [2.45, 2.75) is 6.42 Å². The van der Waals surface area contributed by atoms with Gasteiger partial charge >= 0.3 is 0 Å². The maximum absolute atomic E-state index is 12.9.